The summed E-state index contributed by atoms with van der Waals surface area (Å²) in [4.78, 5) is 25.9. The molecule has 0 aliphatic heterocycles. The molecule has 3 N–H and O–H groups in total. The number of hydrogen-bond acceptors (Lipinski definition) is 4. The minimum Gasteiger partial charge on any atom is -0.444 e. The molecule has 0 saturated carbocycles. The normalized spacial score (nSPS) is 13.7. The molecular weight excluding hydrogens is 464 g/mol. The molecule has 0 bridgehead atoms. The molecular formula is C31H38N2O4. The smallest absolute Gasteiger partial charge is 0.407 e. The summed E-state index contributed by atoms with van der Waals surface area (Å²) in [7, 11) is 0. The highest BCUT2D eigenvalue weighted by Crippen LogP contribution is 2.19. The number of hydrogen-bond donors (Lipinski definition) is 3. The molecule has 0 aliphatic carbocycles. The Morgan fingerprint density at radius 1 is 0.784 bits per heavy atom. The third-order valence-corrected chi connectivity index (χ3v) is 6.00. The Bertz CT molecular complexity index is 1100. The number of aliphatic hydroxyl groups is 1. The number of benzene rings is 3. The fourth-order valence-corrected chi connectivity index (χ4v) is 4.18. The van der Waals surface area contributed by atoms with E-state index in [1.807, 2.05) is 91.0 Å². The minimum atomic E-state index is -0.969. The monoisotopic (exact) mass is 502 g/mol. The molecule has 0 unspecified atom stereocenters. The maximum atomic E-state index is 13.3. The standard InChI is InChI=1S/C31H38N2O4/c1-31(2,3)37-30(36)33-27(20-24-15-9-5-10-16-24)28(34)21-26(19-23-13-7-4-8-14-23)29(35)32-22-25-17-11-6-12-18-25/h4-18,26-28,34H,19-22H2,1-3H3,(H,32,35)(H,33,36)/t26-,27-,28-/m0/s1. The van der Waals surface area contributed by atoms with Gasteiger partial charge in [-0.05, 0) is 56.7 Å². The van der Waals surface area contributed by atoms with Crippen molar-refractivity contribution in [3.05, 3.63) is 108 Å². The van der Waals surface area contributed by atoms with E-state index in [2.05, 4.69) is 10.6 Å². The van der Waals surface area contributed by atoms with Gasteiger partial charge in [-0.3, -0.25) is 4.79 Å². The van der Waals surface area contributed by atoms with E-state index in [9.17, 15) is 14.7 Å². The number of ether oxygens (including phenoxy) is 1. The highest BCUT2D eigenvalue weighted by Gasteiger charge is 2.30. The van der Waals surface area contributed by atoms with Gasteiger partial charge in [0.2, 0.25) is 5.91 Å². The van der Waals surface area contributed by atoms with Crippen LogP contribution in [0.2, 0.25) is 0 Å². The highest BCUT2D eigenvalue weighted by molar-refractivity contribution is 5.79. The first-order chi connectivity index (χ1) is 17.7. The summed E-state index contributed by atoms with van der Waals surface area (Å²) in [5.74, 6) is -0.623. The van der Waals surface area contributed by atoms with Gasteiger partial charge in [-0.25, -0.2) is 4.79 Å². The van der Waals surface area contributed by atoms with Crippen LogP contribution in [0.25, 0.3) is 0 Å². The molecule has 3 atom stereocenters. The lowest BCUT2D eigenvalue weighted by molar-refractivity contribution is -0.126. The van der Waals surface area contributed by atoms with Crippen LogP contribution >= 0.6 is 0 Å². The predicted molar refractivity (Wildman–Crippen MR) is 146 cm³/mol. The van der Waals surface area contributed by atoms with E-state index in [4.69, 9.17) is 4.74 Å². The van der Waals surface area contributed by atoms with Crippen molar-refractivity contribution in [2.75, 3.05) is 0 Å². The van der Waals surface area contributed by atoms with Gasteiger partial charge < -0.3 is 20.5 Å². The lowest BCUT2D eigenvalue weighted by Crippen LogP contribution is -2.48. The molecule has 6 heteroatoms. The Morgan fingerprint density at radius 2 is 1.27 bits per heavy atom. The van der Waals surface area contributed by atoms with Gasteiger partial charge in [-0.2, -0.15) is 0 Å². The highest BCUT2D eigenvalue weighted by atomic mass is 16.6. The molecule has 6 nitrogen and oxygen atoms in total. The number of amides is 2. The number of nitrogens with one attached hydrogen (secondary N) is 2. The molecule has 3 aromatic carbocycles. The summed E-state index contributed by atoms with van der Waals surface area (Å²) in [6, 6.07) is 28.5. The summed E-state index contributed by atoms with van der Waals surface area (Å²) in [6.07, 6.45) is -0.499. The van der Waals surface area contributed by atoms with Crippen LogP contribution in [0.4, 0.5) is 4.79 Å². The van der Waals surface area contributed by atoms with Crippen molar-refractivity contribution in [2.24, 2.45) is 5.92 Å². The molecule has 0 radical (unpaired) electrons. The first-order valence-electron chi connectivity index (χ1n) is 12.8. The molecule has 0 heterocycles. The van der Waals surface area contributed by atoms with E-state index in [0.29, 0.717) is 19.4 Å². The fourth-order valence-electron chi connectivity index (χ4n) is 4.18. The molecule has 37 heavy (non-hydrogen) atoms. The first-order valence-corrected chi connectivity index (χ1v) is 12.8. The van der Waals surface area contributed by atoms with Crippen molar-refractivity contribution in [1.29, 1.82) is 0 Å². The van der Waals surface area contributed by atoms with Crippen molar-refractivity contribution in [3.63, 3.8) is 0 Å². The molecule has 0 spiro atoms. The number of carbonyl (C=O) groups excluding carboxylic acids is 2. The van der Waals surface area contributed by atoms with Crippen LogP contribution in [0.15, 0.2) is 91.0 Å². The van der Waals surface area contributed by atoms with Crippen LogP contribution in [0, 0.1) is 5.92 Å². The van der Waals surface area contributed by atoms with E-state index >= 15 is 0 Å². The Balaban J connectivity index is 1.76. The quantitative estimate of drug-likeness (QED) is 0.342. The van der Waals surface area contributed by atoms with Crippen LogP contribution in [0.5, 0.6) is 0 Å². The zero-order chi connectivity index (χ0) is 26.7. The van der Waals surface area contributed by atoms with Crippen LogP contribution in [-0.4, -0.2) is 34.9 Å². The van der Waals surface area contributed by atoms with E-state index < -0.39 is 29.8 Å². The third kappa shape index (κ3) is 10.1. The Labute approximate surface area is 220 Å². The summed E-state index contributed by atoms with van der Waals surface area (Å²) in [6.45, 7) is 5.79. The van der Waals surface area contributed by atoms with Gasteiger partial charge in [-0.15, -0.1) is 0 Å². The second-order valence-electron chi connectivity index (χ2n) is 10.3. The molecule has 196 valence electrons. The summed E-state index contributed by atoms with van der Waals surface area (Å²) in [5.41, 5.74) is 2.31. The Kier molecular flexibility index (Phi) is 10.3. The summed E-state index contributed by atoms with van der Waals surface area (Å²) >= 11 is 0. The molecule has 3 aromatic rings. The van der Waals surface area contributed by atoms with Crippen LogP contribution in [0.1, 0.15) is 43.9 Å². The van der Waals surface area contributed by atoms with E-state index in [1.54, 1.807) is 20.8 Å². The van der Waals surface area contributed by atoms with Crippen LogP contribution < -0.4 is 10.6 Å². The molecule has 0 fully saturated rings. The molecule has 3 rings (SSSR count). The van der Waals surface area contributed by atoms with Crippen molar-refractivity contribution in [3.8, 4) is 0 Å². The second-order valence-corrected chi connectivity index (χ2v) is 10.3. The van der Waals surface area contributed by atoms with Gasteiger partial charge in [0.25, 0.3) is 0 Å². The van der Waals surface area contributed by atoms with Gasteiger partial charge in [0, 0.05) is 12.5 Å². The molecule has 0 aliphatic rings. The molecule has 2 amide bonds. The van der Waals surface area contributed by atoms with Crippen LogP contribution in [0.3, 0.4) is 0 Å². The maximum Gasteiger partial charge on any atom is 0.407 e. The fraction of sp³-hybridized carbons (Fsp3) is 0.355. The minimum absolute atomic E-state index is 0.137. The van der Waals surface area contributed by atoms with Gasteiger partial charge in [0.1, 0.15) is 5.60 Å². The topological polar surface area (TPSA) is 87.7 Å². The maximum absolute atomic E-state index is 13.3. The number of alkyl carbamates (subject to hydrolysis) is 1. The number of rotatable bonds is 11. The van der Waals surface area contributed by atoms with Crippen molar-refractivity contribution < 1.29 is 19.4 Å². The van der Waals surface area contributed by atoms with Crippen molar-refractivity contribution >= 4 is 12.0 Å². The summed E-state index contributed by atoms with van der Waals surface area (Å²) < 4.78 is 5.45. The lowest BCUT2D eigenvalue weighted by atomic mass is 9.88. The van der Waals surface area contributed by atoms with Gasteiger partial charge in [0.15, 0.2) is 0 Å². The largest absolute Gasteiger partial charge is 0.444 e. The van der Waals surface area contributed by atoms with Gasteiger partial charge >= 0.3 is 6.09 Å². The average molecular weight is 503 g/mol. The SMILES string of the molecule is CC(C)(C)OC(=O)N[C@@H](Cc1ccccc1)[C@@H](O)C[C@H](Cc1ccccc1)C(=O)NCc1ccccc1. The third-order valence-electron chi connectivity index (χ3n) is 6.00. The van der Waals surface area contributed by atoms with Gasteiger partial charge in [0.05, 0.1) is 12.1 Å². The van der Waals surface area contributed by atoms with E-state index in [1.165, 1.54) is 0 Å². The predicted octanol–water partition coefficient (Wildman–Crippen LogP) is 5.05. The zero-order valence-electron chi connectivity index (χ0n) is 21.9. The van der Waals surface area contributed by atoms with Crippen LogP contribution in [-0.2, 0) is 28.9 Å². The van der Waals surface area contributed by atoms with Crippen molar-refractivity contribution in [2.45, 2.75) is 64.3 Å². The number of carbonyl (C=O) groups is 2. The second kappa shape index (κ2) is 13.6. The first kappa shape index (κ1) is 27.9. The molecule has 0 saturated heterocycles. The summed E-state index contributed by atoms with van der Waals surface area (Å²) in [5, 5.41) is 17.2. The average Bonchev–Trinajstić information content (AvgIpc) is 2.87. The molecule has 0 aromatic heterocycles. The number of aliphatic hydroxyl groups excluding tert-OH is 1. The lowest BCUT2D eigenvalue weighted by Gasteiger charge is -2.29. The van der Waals surface area contributed by atoms with E-state index in [0.717, 1.165) is 16.7 Å². The Hall–Kier alpha value is -3.64. The Morgan fingerprint density at radius 3 is 1.78 bits per heavy atom. The van der Waals surface area contributed by atoms with Crippen molar-refractivity contribution in [1.82, 2.24) is 10.6 Å². The van der Waals surface area contributed by atoms with E-state index in [-0.39, 0.29) is 12.3 Å². The van der Waals surface area contributed by atoms with Gasteiger partial charge in [-0.1, -0.05) is 91.0 Å². The zero-order valence-corrected chi connectivity index (χ0v) is 21.9.